The first kappa shape index (κ1) is 12.9. The molecule has 0 aromatic heterocycles. The summed E-state index contributed by atoms with van der Waals surface area (Å²) >= 11 is 5.91. The van der Waals surface area contributed by atoms with Crippen molar-refractivity contribution >= 4 is 33.2 Å². The Kier molecular flexibility index (Phi) is 3.05. The zero-order chi connectivity index (χ0) is 13.5. The van der Waals surface area contributed by atoms with Crippen molar-refractivity contribution in [1.82, 2.24) is 0 Å². The topological polar surface area (TPSA) is 96.2 Å². The number of allylic oxidation sites excluding steroid dienone is 1. The molecule has 6 nitrogen and oxygen atoms in total. The molecule has 2 rings (SSSR count). The first-order chi connectivity index (χ1) is 8.30. The van der Waals surface area contributed by atoms with Crippen molar-refractivity contribution in [3.63, 3.8) is 0 Å². The second kappa shape index (κ2) is 4.27. The normalized spacial score (nSPS) is 15.6. The number of hydrogen-bond acceptors (Lipinski definition) is 4. The van der Waals surface area contributed by atoms with E-state index in [0.29, 0.717) is 5.70 Å². The summed E-state index contributed by atoms with van der Waals surface area (Å²) in [6.07, 6.45) is 0. The molecule has 0 atom stereocenters. The largest absolute Gasteiger partial charge is 0.297 e. The third-order valence-corrected chi connectivity index (χ3v) is 3.55. The average Bonchev–Trinajstić information content (AvgIpc) is 2.58. The van der Waals surface area contributed by atoms with Gasteiger partial charge in [0.25, 0.3) is 16.0 Å². The summed E-state index contributed by atoms with van der Waals surface area (Å²) in [5.41, 5.74) is 0.652. The zero-order valence-corrected chi connectivity index (χ0v) is 10.7. The van der Waals surface area contributed by atoms with Gasteiger partial charge in [-0.15, -0.1) is 5.11 Å². The Hall–Kier alpha value is -1.57. The van der Waals surface area contributed by atoms with Crippen LogP contribution >= 0.6 is 11.6 Å². The van der Waals surface area contributed by atoms with E-state index in [9.17, 15) is 13.2 Å². The molecule has 0 spiro atoms. The molecule has 0 saturated heterocycles. The van der Waals surface area contributed by atoms with Crippen LogP contribution in [0.5, 0.6) is 0 Å². The highest BCUT2D eigenvalue weighted by Crippen LogP contribution is 2.32. The van der Waals surface area contributed by atoms with Gasteiger partial charge in [-0.3, -0.25) is 9.35 Å². The third-order valence-electron chi connectivity index (χ3n) is 2.37. The summed E-state index contributed by atoms with van der Waals surface area (Å²) < 4.78 is 31.0. The summed E-state index contributed by atoms with van der Waals surface area (Å²) in [6.45, 7) is 1.56. The molecule has 0 radical (unpaired) electrons. The molecule has 0 unspecified atom stereocenters. The smallest absolute Gasteiger partial charge is 0.282 e. The minimum atomic E-state index is -4.36. The number of rotatable bonds is 2. The van der Waals surface area contributed by atoms with Crippen molar-refractivity contribution in [2.75, 3.05) is 0 Å². The number of benzene rings is 1. The van der Waals surface area contributed by atoms with Crippen LogP contribution in [0.1, 0.15) is 12.5 Å². The Morgan fingerprint density at radius 2 is 1.94 bits per heavy atom. The van der Waals surface area contributed by atoms with Crippen LogP contribution in [0.2, 0.25) is 5.02 Å². The lowest BCUT2D eigenvalue weighted by atomic mass is 10.0. The Morgan fingerprint density at radius 3 is 2.44 bits per heavy atom. The molecule has 1 N–H and O–H groups in total. The van der Waals surface area contributed by atoms with Gasteiger partial charge in [-0.05, 0) is 25.1 Å². The molecule has 94 valence electrons. The van der Waals surface area contributed by atoms with E-state index in [-0.39, 0.29) is 21.1 Å². The molecule has 1 amide bonds. The van der Waals surface area contributed by atoms with Crippen molar-refractivity contribution in [3.8, 4) is 0 Å². The Labute approximate surface area is 108 Å². The quantitative estimate of drug-likeness (QED) is 0.844. The number of carbonyl (C=O) groups excluding carboxylic acids is 1. The molecule has 0 fully saturated rings. The highest BCUT2D eigenvalue weighted by Gasteiger charge is 2.24. The fourth-order valence-electron chi connectivity index (χ4n) is 1.54. The highest BCUT2D eigenvalue weighted by molar-refractivity contribution is 7.85. The number of halogens is 1. The molecular formula is C10H7ClN2O4S. The van der Waals surface area contributed by atoms with Gasteiger partial charge in [0.1, 0.15) is 0 Å². The monoisotopic (exact) mass is 286 g/mol. The summed E-state index contributed by atoms with van der Waals surface area (Å²) in [5, 5.41) is 7.12. The van der Waals surface area contributed by atoms with Crippen LogP contribution < -0.4 is 0 Å². The van der Waals surface area contributed by atoms with Crippen LogP contribution in [-0.4, -0.2) is 18.9 Å². The van der Waals surface area contributed by atoms with Crippen molar-refractivity contribution < 1.29 is 17.8 Å². The number of carbonyl (C=O) groups is 1. The van der Waals surface area contributed by atoms with E-state index in [2.05, 4.69) is 10.2 Å². The molecule has 1 aromatic rings. The summed E-state index contributed by atoms with van der Waals surface area (Å²) in [7, 11) is -4.36. The second-order valence-corrected chi connectivity index (χ2v) is 5.41. The predicted octanol–water partition coefficient (Wildman–Crippen LogP) is 2.31. The lowest BCUT2D eigenvalue weighted by Gasteiger charge is -2.06. The lowest BCUT2D eigenvalue weighted by molar-refractivity contribution is -0.112. The van der Waals surface area contributed by atoms with Crippen LogP contribution in [0.4, 0.5) is 0 Å². The van der Waals surface area contributed by atoms with Crippen LogP contribution in [-0.2, 0) is 14.9 Å². The Bertz CT molecular complexity index is 707. The molecule has 0 saturated carbocycles. The van der Waals surface area contributed by atoms with Crippen LogP contribution in [0, 0.1) is 0 Å². The van der Waals surface area contributed by atoms with Crippen molar-refractivity contribution in [3.05, 3.63) is 34.5 Å². The van der Waals surface area contributed by atoms with E-state index < -0.39 is 16.0 Å². The Morgan fingerprint density at radius 1 is 1.28 bits per heavy atom. The number of nitrogens with zero attached hydrogens (tertiary/aromatic N) is 2. The van der Waals surface area contributed by atoms with Gasteiger partial charge in [-0.2, -0.15) is 13.5 Å². The highest BCUT2D eigenvalue weighted by atomic mass is 35.5. The molecule has 1 heterocycles. The number of amides is 1. The van der Waals surface area contributed by atoms with Crippen LogP contribution in [0.3, 0.4) is 0 Å². The van der Waals surface area contributed by atoms with Gasteiger partial charge in [0.15, 0.2) is 0 Å². The second-order valence-electron chi connectivity index (χ2n) is 3.58. The fourth-order valence-corrected chi connectivity index (χ4v) is 2.26. The maximum absolute atomic E-state index is 11.5. The lowest BCUT2D eigenvalue weighted by Crippen LogP contribution is -2.02. The maximum Gasteiger partial charge on any atom is 0.297 e. The summed E-state index contributed by atoms with van der Waals surface area (Å²) in [5.74, 6) is -0.595. The van der Waals surface area contributed by atoms with Crippen molar-refractivity contribution in [2.45, 2.75) is 11.8 Å². The van der Waals surface area contributed by atoms with Gasteiger partial charge in [-0.25, -0.2) is 0 Å². The van der Waals surface area contributed by atoms with E-state index in [1.54, 1.807) is 6.92 Å². The molecule has 1 aliphatic heterocycles. The van der Waals surface area contributed by atoms with E-state index in [1.165, 1.54) is 6.07 Å². The van der Waals surface area contributed by atoms with Crippen LogP contribution in [0.25, 0.3) is 5.57 Å². The van der Waals surface area contributed by atoms with Crippen molar-refractivity contribution in [2.24, 2.45) is 10.2 Å². The molecule has 18 heavy (non-hydrogen) atoms. The number of azo groups is 1. The van der Waals surface area contributed by atoms with Gasteiger partial charge >= 0.3 is 0 Å². The molecule has 1 aromatic carbocycles. The number of hydrogen-bond donors (Lipinski definition) is 1. The van der Waals surface area contributed by atoms with Gasteiger partial charge in [0.05, 0.1) is 16.2 Å². The maximum atomic E-state index is 11.5. The van der Waals surface area contributed by atoms with Gasteiger partial charge in [0, 0.05) is 10.6 Å². The standard InChI is InChI=1S/C10H7ClN2O4S/c1-5-9(10(14)13-12-5)7-4-6(18(15,16)17)2-3-8(7)11/h2-4H,1H3,(H,15,16,17). The Balaban J connectivity index is 2.66. The van der Waals surface area contributed by atoms with E-state index in [4.69, 9.17) is 16.2 Å². The molecule has 0 bridgehead atoms. The first-order valence-corrected chi connectivity index (χ1v) is 6.57. The minimum absolute atomic E-state index is 0.130. The van der Waals surface area contributed by atoms with Gasteiger partial charge in [-0.1, -0.05) is 11.6 Å². The van der Waals surface area contributed by atoms with Gasteiger partial charge < -0.3 is 0 Å². The molecular weight excluding hydrogens is 280 g/mol. The van der Waals surface area contributed by atoms with E-state index >= 15 is 0 Å². The zero-order valence-electron chi connectivity index (χ0n) is 9.08. The predicted molar refractivity (Wildman–Crippen MR) is 63.7 cm³/mol. The van der Waals surface area contributed by atoms with E-state index in [1.807, 2.05) is 0 Å². The van der Waals surface area contributed by atoms with Crippen molar-refractivity contribution in [1.29, 1.82) is 0 Å². The van der Waals surface area contributed by atoms with E-state index in [0.717, 1.165) is 12.1 Å². The molecule has 1 aliphatic rings. The molecule has 8 heteroatoms. The fraction of sp³-hybridized carbons (Fsp3) is 0.100. The van der Waals surface area contributed by atoms with Crippen LogP contribution in [0.15, 0.2) is 39.0 Å². The average molecular weight is 287 g/mol. The molecule has 0 aliphatic carbocycles. The third kappa shape index (κ3) is 2.20. The SMILES string of the molecule is CC1=C(c2cc(S(=O)(=O)O)ccc2Cl)C(=O)N=N1. The minimum Gasteiger partial charge on any atom is -0.282 e. The first-order valence-electron chi connectivity index (χ1n) is 4.75. The van der Waals surface area contributed by atoms with Gasteiger partial charge in [0.2, 0.25) is 0 Å². The summed E-state index contributed by atoms with van der Waals surface area (Å²) in [6, 6.07) is 3.54. The summed E-state index contributed by atoms with van der Waals surface area (Å²) in [4.78, 5) is 11.2.